The van der Waals surface area contributed by atoms with E-state index in [4.69, 9.17) is 0 Å². The highest BCUT2D eigenvalue weighted by Crippen LogP contribution is 2.29. The standard InChI is InChI=1S/C28H35N5O2S2/c1-19-7-8-21(13-20(19)2)16-33-11-9-23(10-12-33)30-27(35)18-37-28-32-25(17-36-28)22-5-4-6-24(14-22)31-26(34)15-29-3/h4-8,13-14,17,23,29H,9-12,15-16,18H2,1-3H3,(H,30,35)(H,31,34). The molecule has 0 saturated carbocycles. The number of hydrogen-bond acceptors (Lipinski definition) is 7. The molecule has 4 rings (SSSR count). The first-order chi connectivity index (χ1) is 17.9. The van der Waals surface area contributed by atoms with Crippen LogP contribution in [0.15, 0.2) is 52.2 Å². The van der Waals surface area contributed by atoms with Crippen LogP contribution in [0.1, 0.15) is 29.5 Å². The summed E-state index contributed by atoms with van der Waals surface area (Å²) in [5, 5.41) is 10.9. The van der Waals surface area contributed by atoms with Gasteiger partial charge in [-0.25, -0.2) is 4.98 Å². The SMILES string of the molecule is CNCC(=O)Nc1cccc(-c2csc(SCC(=O)NC3CCN(Cc4ccc(C)c(C)c4)CC3)n2)c1. The smallest absolute Gasteiger partial charge is 0.238 e. The largest absolute Gasteiger partial charge is 0.353 e. The first-order valence-electron chi connectivity index (χ1n) is 12.6. The summed E-state index contributed by atoms with van der Waals surface area (Å²) in [6.45, 7) is 7.53. The van der Waals surface area contributed by atoms with E-state index < -0.39 is 0 Å². The molecule has 1 aliphatic heterocycles. The Morgan fingerprint density at radius 2 is 1.89 bits per heavy atom. The highest BCUT2D eigenvalue weighted by atomic mass is 32.2. The van der Waals surface area contributed by atoms with Crippen LogP contribution in [0.2, 0.25) is 0 Å². The van der Waals surface area contributed by atoms with E-state index in [2.05, 4.69) is 57.9 Å². The number of aromatic nitrogens is 1. The van der Waals surface area contributed by atoms with E-state index >= 15 is 0 Å². The van der Waals surface area contributed by atoms with Gasteiger partial charge in [0.05, 0.1) is 18.0 Å². The van der Waals surface area contributed by atoms with Crippen molar-refractivity contribution in [1.82, 2.24) is 20.5 Å². The Morgan fingerprint density at radius 3 is 2.65 bits per heavy atom. The first-order valence-corrected chi connectivity index (χ1v) is 14.5. The fraction of sp³-hybridized carbons (Fsp3) is 0.393. The van der Waals surface area contributed by atoms with Crippen molar-refractivity contribution in [2.24, 2.45) is 0 Å². The van der Waals surface area contributed by atoms with E-state index in [9.17, 15) is 9.59 Å². The lowest BCUT2D eigenvalue weighted by molar-refractivity contribution is -0.119. The van der Waals surface area contributed by atoms with Crippen molar-refractivity contribution in [2.75, 3.05) is 37.8 Å². The molecule has 2 heterocycles. The molecule has 3 aromatic rings. The molecule has 196 valence electrons. The number of benzene rings is 2. The van der Waals surface area contributed by atoms with Crippen molar-refractivity contribution in [1.29, 1.82) is 0 Å². The molecule has 3 N–H and O–H groups in total. The zero-order valence-electron chi connectivity index (χ0n) is 21.7. The maximum absolute atomic E-state index is 12.6. The van der Waals surface area contributed by atoms with Crippen molar-refractivity contribution >= 4 is 40.6 Å². The summed E-state index contributed by atoms with van der Waals surface area (Å²) in [4.78, 5) is 31.6. The minimum Gasteiger partial charge on any atom is -0.353 e. The number of nitrogens with one attached hydrogen (secondary N) is 3. The van der Waals surface area contributed by atoms with E-state index in [0.29, 0.717) is 5.75 Å². The molecule has 2 aromatic carbocycles. The maximum Gasteiger partial charge on any atom is 0.238 e. The van der Waals surface area contributed by atoms with Gasteiger partial charge in [-0.2, -0.15) is 0 Å². The van der Waals surface area contributed by atoms with E-state index in [1.54, 1.807) is 7.05 Å². The van der Waals surface area contributed by atoms with Crippen molar-refractivity contribution in [3.8, 4) is 11.3 Å². The molecular formula is C28H35N5O2S2. The molecule has 1 aromatic heterocycles. The Balaban J connectivity index is 1.20. The van der Waals surface area contributed by atoms with Gasteiger partial charge in [-0.15, -0.1) is 11.3 Å². The molecule has 0 aliphatic carbocycles. The zero-order valence-corrected chi connectivity index (χ0v) is 23.3. The van der Waals surface area contributed by atoms with Crippen LogP contribution in [-0.4, -0.2) is 60.2 Å². The molecule has 1 saturated heterocycles. The third-order valence-electron chi connectivity index (χ3n) is 6.52. The Bertz CT molecular complexity index is 1220. The van der Waals surface area contributed by atoms with Crippen molar-refractivity contribution in [2.45, 2.75) is 43.6 Å². The molecule has 1 aliphatic rings. The van der Waals surface area contributed by atoms with Gasteiger partial charge in [-0.3, -0.25) is 14.5 Å². The van der Waals surface area contributed by atoms with Crippen LogP contribution in [0.25, 0.3) is 11.3 Å². The van der Waals surface area contributed by atoms with Gasteiger partial charge in [0.15, 0.2) is 4.34 Å². The van der Waals surface area contributed by atoms with Gasteiger partial charge in [0.1, 0.15) is 0 Å². The average Bonchev–Trinajstić information content (AvgIpc) is 3.36. The number of carbonyl (C=O) groups excluding carboxylic acids is 2. The van der Waals surface area contributed by atoms with E-state index in [1.807, 2.05) is 29.6 Å². The predicted octanol–water partition coefficient (Wildman–Crippen LogP) is 4.46. The number of carbonyl (C=O) groups is 2. The monoisotopic (exact) mass is 537 g/mol. The highest BCUT2D eigenvalue weighted by molar-refractivity contribution is 8.01. The normalized spacial score (nSPS) is 14.5. The molecule has 0 atom stereocenters. The Kier molecular flexibility index (Phi) is 9.74. The molecular weight excluding hydrogens is 502 g/mol. The summed E-state index contributed by atoms with van der Waals surface area (Å²) >= 11 is 3.00. The summed E-state index contributed by atoms with van der Waals surface area (Å²) in [5.41, 5.74) is 6.54. The lowest BCUT2D eigenvalue weighted by Crippen LogP contribution is -2.44. The summed E-state index contributed by atoms with van der Waals surface area (Å²) in [6.07, 6.45) is 1.95. The van der Waals surface area contributed by atoms with Crippen molar-refractivity contribution < 1.29 is 9.59 Å². The third kappa shape index (κ3) is 8.13. The van der Waals surface area contributed by atoms with Gasteiger partial charge in [-0.1, -0.05) is 42.1 Å². The number of thiazole rings is 1. The van der Waals surface area contributed by atoms with Gasteiger partial charge >= 0.3 is 0 Å². The van der Waals surface area contributed by atoms with Gasteiger partial charge in [-0.05, 0) is 62.6 Å². The van der Waals surface area contributed by atoms with Crippen LogP contribution in [-0.2, 0) is 16.1 Å². The number of thioether (sulfide) groups is 1. The topological polar surface area (TPSA) is 86.4 Å². The van der Waals surface area contributed by atoms with Crippen LogP contribution in [0.4, 0.5) is 5.69 Å². The minimum absolute atomic E-state index is 0.0589. The number of likely N-dealkylation sites (N-methyl/N-ethyl adjacent to an activating group) is 1. The fourth-order valence-corrected chi connectivity index (χ4v) is 6.02. The quantitative estimate of drug-likeness (QED) is 0.331. The van der Waals surface area contributed by atoms with Crippen LogP contribution in [0, 0.1) is 13.8 Å². The third-order valence-corrected chi connectivity index (χ3v) is 8.54. The number of likely N-dealkylation sites (tertiary alicyclic amines) is 1. The molecule has 37 heavy (non-hydrogen) atoms. The summed E-state index contributed by atoms with van der Waals surface area (Å²) in [5.74, 6) is 0.325. The fourth-order valence-electron chi connectivity index (χ4n) is 4.37. The van der Waals surface area contributed by atoms with Crippen molar-refractivity contribution in [3.05, 3.63) is 64.5 Å². The number of hydrogen-bond donors (Lipinski definition) is 3. The summed E-state index contributed by atoms with van der Waals surface area (Å²) in [7, 11) is 1.74. The van der Waals surface area contributed by atoms with Gasteiger partial charge < -0.3 is 16.0 Å². The Labute approximate surface area is 227 Å². The van der Waals surface area contributed by atoms with Gasteiger partial charge in [0.2, 0.25) is 11.8 Å². The lowest BCUT2D eigenvalue weighted by Gasteiger charge is -2.32. The predicted molar refractivity (Wildman–Crippen MR) is 153 cm³/mol. The molecule has 2 amide bonds. The Hall–Kier alpha value is -2.72. The van der Waals surface area contributed by atoms with Crippen LogP contribution in [0.5, 0.6) is 0 Å². The molecule has 1 fully saturated rings. The number of aryl methyl sites for hydroxylation is 2. The van der Waals surface area contributed by atoms with Crippen LogP contribution < -0.4 is 16.0 Å². The molecule has 0 unspecified atom stereocenters. The molecule has 0 bridgehead atoms. The average molecular weight is 538 g/mol. The number of anilines is 1. The second kappa shape index (κ2) is 13.2. The highest BCUT2D eigenvalue weighted by Gasteiger charge is 2.21. The number of piperidine rings is 1. The van der Waals surface area contributed by atoms with Crippen LogP contribution in [0.3, 0.4) is 0 Å². The first kappa shape index (κ1) is 27.3. The van der Waals surface area contributed by atoms with E-state index in [0.717, 1.165) is 53.8 Å². The molecule has 0 radical (unpaired) electrons. The van der Waals surface area contributed by atoms with E-state index in [-0.39, 0.29) is 24.4 Å². The molecule has 7 nitrogen and oxygen atoms in total. The Morgan fingerprint density at radius 1 is 1.08 bits per heavy atom. The summed E-state index contributed by atoms with van der Waals surface area (Å²) in [6, 6.07) is 14.6. The second-order valence-corrected chi connectivity index (χ2v) is 11.6. The van der Waals surface area contributed by atoms with Crippen molar-refractivity contribution in [3.63, 3.8) is 0 Å². The van der Waals surface area contributed by atoms with Gasteiger partial charge in [0, 0.05) is 42.3 Å². The van der Waals surface area contributed by atoms with Crippen LogP contribution >= 0.6 is 23.1 Å². The minimum atomic E-state index is -0.0905. The zero-order chi connectivity index (χ0) is 26.2. The second-order valence-electron chi connectivity index (χ2n) is 9.48. The number of amides is 2. The molecule has 0 spiro atoms. The van der Waals surface area contributed by atoms with Gasteiger partial charge in [0.25, 0.3) is 0 Å². The lowest BCUT2D eigenvalue weighted by atomic mass is 10.0. The maximum atomic E-state index is 12.6. The molecule has 9 heteroatoms. The number of nitrogens with zero attached hydrogens (tertiary/aromatic N) is 2. The van der Waals surface area contributed by atoms with E-state index in [1.165, 1.54) is 39.8 Å². The summed E-state index contributed by atoms with van der Waals surface area (Å²) < 4.78 is 0.859. The number of rotatable bonds is 10.